The molecule has 4 N–H and O–H groups in total. The first-order chi connectivity index (χ1) is 15.4. The van der Waals surface area contributed by atoms with Gasteiger partial charge in [-0.3, -0.25) is 9.79 Å². The zero-order valence-electron chi connectivity index (χ0n) is 18.9. The van der Waals surface area contributed by atoms with Crippen molar-refractivity contribution in [2.45, 2.75) is 49.2 Å². The molecule has 4 rings (SSSR count). The molecule has 1 aromatic carbocycles. The number of hydrogen-bond acceptors (Lipinski definition) is 8. The predicted molar refractivity (Wildman–Crippen MR) is 130 cm³/mol. The van der Waals surface area contributed by atoms with Crippen LogP contribution in [0.25, 0.3) is 0 Å². The van der Waals surface area contributed by atoms with Crippen molar-refractivity contribution < 1.29 is 15.0 Å². The van der Waals surface area contributed by atoms with Crippen molar-refractivity contribution >= 4 is 34.2 Å². The number of aliphatic hydroxyl groups excluding tert-OH is 2. The highest BCUT2D eigenvalue weighted by molar-refractivity contribution is 8.15. The van der Waals surface area contributed by atoms with Crippen LogP contribution in [0.2, 0.25) is 0 Å². The van der Waals surface area contributed by atoms with Crippen LogP contribution in [0.1, 0.15) is 25.7 Å². The molecule has 2 aliphatic heterocycles. The molecule has 1 aliphatic carbocycles. The maximum absolute atomic E-state index is 13.0. The van der Waals surface area contributed by atoms with Gasteiger partial charge in [-0.1, -0.05) is 18.2 Å². The Kier molecular flexibility index (Phi) is 7.60. The minimum absolute atomic E-state index is 0.0535. The second-order valence-electron chi connectivity index (χ2n) is 9.17. The van der Waals surface area contributed by atoms with Crippen LogP contribution in [0, 0.1) is 5.92 Å². The van der Waals surface area contributed by atoms with Gasteiger partial charge in [-0.15, -0.1) is 0 Å². The van der Waals surface area contributed by atoms with Gasteiger partial charge in [-0.05, 0) is 56.6 Å². The van der Waals surface area contributed by atoms with Crippen LogP contribution >= 0.6 is 11.8 Å². The average molecular weight is 462 g/mol. The van der Waals surface area contributed by atoms with E-state index in [9.17, 15) is 15.0 Å². The number of likely N-dealkylation sites (tertiary alicyclic amines) is 1. The molecule has 32 heavy (non-hydrogen) atoms. The van der Waals surface area contributed by atoms with Crippen LogP contribution in [0.3, 0.4) is 0 Å². The van der Waals surface area contributed by atoms with Crippen molar-refractivity contribution in [3.63, 3.8) is 0 Å². The van der Waals surface area contributed by atoms with E-state index in [1.165, 1.54) is 31.0 Å². The summed E-state index contributed by atoms with van der Waals surface area (Å²) in [6.07, 6.45) is 2.10. The van der Waals surface area contributed by atoms with E-state index in [4.69, 9.17) is 0 Å². The van der Waals surface area contributed by atoms with Gasteiger partial charge in [0.15, 0.2) is 5.17 Å². The number of fused-ring (bicyclic) bond motifs is 1. The summed E-state index contributed by atoms with van der Waals surface area (Å²) in [4.78, 5) is 22.1. The molecule has 5 unspecified atom stereocenters. The fourth-order valence-electron chi connectivity index (χ4n) is 4.73. The maximum atomic E-state index is 13.0. The summed E-state index contributed by atoms with van der Waals surface area (Å²) in [5.41, 5.74) is 2.00. The number of carbonyl (C=O) groups is 1. The minimum atomic E-state index is -0.958. The number of piperidine rings is 1. The molecule has 3 aliphatic rings. The lowest BCUT2D eigenvalue weighted by Gasteiger charge is -2.37. The summed E-state index contributed by atoms with van der Waals surface area (Å²) in [5, 5.41) is 27.8. The Labute approximate surface area is 194 Å². The van der Waals surface area contributed by atoms with Crippen LogP contribution in [0.4, 0.5) is 11.4 Å². The van der Waals surface area contributed by atoms with Gasteiger partial charge in [0.1, 0.15) is 6.10 Å². The molecule has 8 nitrogen and oxygen atoms in total. The van der Waals surface area contributed by atoms with E-state index < -0.39 is 18.2 Å². The average Bonchev–Trinajstić information content (AvgIpc) is 3.21. The molecular formula is C23H35N5O3S. The molecule has 2 heterocycles. The summed E-state index contributed by atoms with van der Waals surface area (Å²) in [7, 11) is 3.99. The van der Waals surface area contributed by atoms with Crippen molar-refractivity contribution in [1.29, 1.82) is 0 Å². The van der Waals surface area contributed by atoms with Crippen molar-refractivity contribution in [1.82, 2.24) is 10.2 Å². The lowest BCUT2D eigenvalue weighted by Crippen LogP contribution is -2.54. The standard InChI is InChI=1S/C23H35N5O3S/c1-27(2)16-8-6-15(7-9-16)25-23-26-19-20(30)18(29)14-17(21(19)32-23)22(31)24-10-13-28-11-4-3-5-12-28/h6-9,17-21,29-30H,3-5,10-14H2,1-2H3,(H,24,31)(H,25,26). The maximum Gasteiger partial charge on any atom is 0.224 e. The molecule has 0 aromatic heterocycles. The molecule has 176 valence electrons. The van der Waals surface area contributed by atoms with Crippen LogP contribution < -0.4 is 15.5 Å². The number of carbonyl (C=O) groups excluding carboxylic acids is 1. The van der Waals surface area contributed by atoms with Crippen molar-refractivity contribution in [2.24, 2.45) is 10.9 Å². The molecule has 2 fully saturated rings. The highest BCUT2D eigenvalue weighted by Gasteiger charge is 2.50. The molecule has 0 radical (unpaired) electrons. The van der Waals surface area contributed by atoms with Crippen molar-refractivity contribution in [2.75, 3.05) is 50.5 Å². The Morgan fingerprint density at radius 1 is 1.19 bits per heavy atom. The molecule has 1 amide bonds. The Morgan fingerprint density at radius 2 is 1.91 bits per heavy atom. The number of nitrogens with one attached hydrogen (secondary N) is 2. The lowest BCUT2D eigenvalue weighted by atomic mass is 9.81. The normalized spacial score (nSPS) is 30.4. The fraction of sp³-hybridized carbons (Fsp3) is 0.652. The van der Waals surface area contributed by atoms with Gasteiger partial charge in [-0.2, -0.15) is 0 Å². The smallest absolute Gasteiger partial charge is 0.224 e. The molecule has 5 atom stereocenters. The first kappa shape index (κ1) is 23.4. The van der Waals surface area contributed by atoms with E-state index in [0.29, 0.717) is 11.7 Å². The number of nitrogens with zero attached hydrogens (tertiary/aromatic N) is 3. The molecule has 1 aromatic rings. The number of anilines is 2. The number of amides is 1. The lowest BCUT2D eigenvalue weighted by molar-refractivity contribution is -0.129. The Hall–Kier alpha value is -1.81. The Morgan fingerprint density at radius 3 is 2.59 bits per heavy atom. The molecule has 0 bridgehead atoms. The number of amidine groups is 1. The largest absolute Gasteiger partial charge is 0.390 e. The van der Waals surface area contributed by atoms with E-state index in [0.717, 1.165) is 31.0 Å². The SMILES string of the molecule is CN(C)c1ccc(NC2=NC3C(O)C(O)CC(C(=O)NCCN4CCCCC4)C3S2)cc1. The van der Waals surface area contributed by atoms with Gasteiger partial charge in [-0.25, -0.2) is 0 Å². The van der Waals surface area contributed by atoms with Crippen LogP contribution in [0.15, 0.2) is 29.3 Å². The van der Waals surface area contributed by atoms with Gasteiger partial charge in [0.05, 0.1) is 18.1 Å². The van der Waals surface area contributed by atoms with Crippen molar-refractivity contribution in [3.05, 3.63) is 24.3 Å². The summed E-state index contributed by atoms with van der Waals surface area (Å²) < 4.78 is 0. The Bertz CT molecular complexity index is 812. The number of benzene rings is 1. The Balaban J connectivity index is 1.36. The molecule has 1 saturated carbocycles. The predicted octanol–water partition coefficient (Wildman–Crippen LogP) is 1.35. The summed E-state index contributed by atoms with van der Waals surface area (Å²) in [6, 6.07) is 7.51. The first-order valence-corrected chi connectivity index (χ1v) is 12.5. The van der Waals surface area contributed by atoms with E-state index >= 15 is 0 Å². The third kappa shape index (κ3) is 5.39. The van der Waals surface area contributed by atoms with E-state index in [-0.39, 0.29) is 23.5 Å². The summed E-state index contributed by atoms with van der Waals surface area (Å²) >= 11 is 1.49. The summed E-state index contributed by atoms with van der Waals surface area (Å²) in [5.74, 6) is -0.439. The molecule has 1 saturated heterocycles. The first-order valence-electron chi connectivity index (χ1n) is 11.6. The summed E-state index contributed by atoms with van der Waals surface area (Å²) in [6.45, 7) is 3.67. The van der Waals surface area contributed by atoms with E-state index in [2.05, 4.69) is 20.5 Å². The number of thioether (sulfide) groups is 1. The monoisotopic (exact) mass is 461 g/mol. The third-order valence-electron chi connectivity index (χ3n) is 6.63. The number of aliphatic imine (C=N–C) groups is 1. The van der Waals surface area contributed by atoms with Gasteiger partial charge in [0.25, 0.3) is 0 Å². The second-order valence-corrected chi connectivity index (χ2v) is 10.3. The van der Waals surface area contributed by atoms with E-state index in [1.54, 1.807) is 0 Å². The van der Waals surface area contributed by atoms with Crippen LogP contribution in [-0.4, -0.2) is 90.0 Å². The fourth-order valence-corrected chi connectivity index (χ4v) is 6.10. The number of rotatable bonds is 6. The van der Waals surface area contributed by atoms with Crippen LogP contribution in [0.5, 0.6) is 0 Å². The van der Waals surface area contributed by atoms with Gasteiger partial charge >= 0.3 is 0 Å². The van der Waals surface area contributed by atoms with Gasteiger partial charge in [0.2, 0.25) is 5.91 Å². The molecular weight excluding hydrogens is 426 g/mol. The minimum Gasteiger partial charge on any atom is -0.390 e. The van der Waals surface area contributed by atoms with E-state index in [1.807, 2.05) is 43.3 Å². The highest BCUT2D eigenvalue weighted by atomic mass is 32.2. The zero-order valence-corrected chi connectivity index (χ0v) is 19.7. The number of hydrogen-bond donors (Lipinski definition) is 4. The second kappa shape index (κ2) is 10.4. The van der Waals surface area contributed by atoms with Crippen LogP contribution in [-0.2, 0) is 4.79 Å². The third-order valence-corrected chi connectivity index (χ3v) is 7.94. The van der Waals surface area contributed by atoms with Gasteiger partial charge < -0.3 is 30.6 Å². The topological polar surface area (TPSA) is 100 Å². The molecule has 9 heteroatoms. The van der Waals surface area contributed by atoms with Crippen molar-refractivity contribution in [3.8, 4) is 0 Å². The quantitative estimate of drug-likeness (QED) is 0.507. The molecule has 0 spiro atoms. The highest BCUT2D eigenvalue weighted by Crippen LogP contribution is 2.41. The van der Waals surface area contributed by atoms with Gasteiger partial charge in [0, 0.05) is 43.8 Å². The number of aliphatic hydroxyl groups is 2. The zero-order chi connectivity index (χ0) is 22.7.